The van der Waals surface area contributed by atoms with Crippen LogP contribution in [0.2, 0.25) is 0 Å². The van der Waals surface area contributed by atoms with Crippen LogP contribution in [0.25, 0.3) is 11.3 Å². The Morgan fingerprint density at radius 3 is 2.45 bits per heavy atom. The van der Waals surface area contributed by atoms with Crippen LogP contribution in [0.15, 0.2) is 24.3 Å². The predicted octanol–water partition coefficient (Wildman–Crippen LogP) is 3.50. The molecule has 0 aliphatic heterocycles. The van der Waals surface area contributed by atoms with Crippen LogP contribution < -0.4 is 4.74 Å². The number of carboxylic acid groups (broad SMARTS) is 1. The van der Waals surface area contributed by atoms with Crippen molar-refractivity contribution < 1.29 is 14.6 Å². The first-order chi connectivity index (χ1) is 9.49. The first-order valence-corrected chi connectivity index (χ1v) is 6.58. The lowest BCUT2D eigenvalue weighted by Gasteiger charge is -2.14. The number of aromatic nitrogens is 1. The molecular weight excluding hydrogens is 254 g/mol. The van der Waals surface area contributed by atoms with Gasteiger partial charge < -0.3 is 14.4 Å². The molecule has 0 radical (unpaired) electrons. The number of nitrogens with zero attached hydrogens (tertiary/aromatic N) is 1. The lowest BCUT2D eigenvalue weighted by Crippen LogP contribution is -2.08. The minimum atomic E-state index is -0.916. The molecule has 106 valence electrons. The second-order valence-electron chi connectivity index (χ2n) is 4.79. The summed E-state index contributed by atoms with van der Waals surface area (Å²) in [6.07, 6.45) is 0. The lowest BCUT2D eigenvalue weighted by molar-refractivity contribution is 0.0685. The quantitative estimate of drug-likeness (QED) is 0.927. The molecule has 2 aromatic rings. The second-order valence-corrected chi connectivity index (χ2v) is 4.79. The first kappa shape index (κ1) is 14.2. The van der Waals surface area contributed by atoms with Crippen LogP contribution in [0.5, 0.6) is 5.75 Å². The molecule has 0 atom stereocenters. The predicted molar refractivity (Wildman–Crippen MR) is 78.5 cm³/mol. The van der Waals surface area contributed by atoms with E-state index in [0.29, 0.717) is 12.2 Å². The molecule has 2 rings (SSSR count). The van der Waals surface area contributed by atoms with Gasteiger partial charge in [-0.3, -0.25) is 0 Å². The molecule has 4 heteroatoms. The molecule has 0 aliphatic rings. The number of carboxylic acids is 1. The van der Waals surface area contributed by atoms with Gasteiger partial charge in [-0.05, 0) is 56.2 Å². The van der Waals surface area contributed by atoms with Gasteiger partial charge in [-0.15, -0.1) is 0 Å². The van der Waals surface area contributed by atoms with Crippen LogP contribution in [0, 0.1) is 13.8 Å². The van der Waals surface area contributed by atoms with Gasteiger partial charge in [0.25, 0.3) is 0 Å². The van der Waals surface area contributed by atoms with Crippen LogP contribution in [-0.2, 0) is 6.54 Å². The minimum absolute atomic E-state index is 0.294. The number of aryl methyl sites for hydroxylation is 2. The number of benzene rings is 1. The molecule has 0 amide bonds. The molecule has 4 nitrogen and oxygen atoms in total. The van der Waals surface area contributed by atoms with Crippen molar-refractivity contribution in [3.8, 4) is 17.0 Å². The Labute approximate surface area is 118 Å². The maximum absolute atomic E-state index is 11.2. The van der Waals surface area contributed by atoms with E-state index in [1.165, 1.54) is 0 Å². The number of carbonyl (C=O) groups is 1. The van der Waals surface area contributed by atoms with Gasteiger partial charge in [-0.1, -0.05) is 0 Å². The van der Waals surface area contributed by atoms with Crippen molar-refractivity contribution >= 4 is 5.97 Å². The van der Waals surface area contributed by atoms with Crippen molar-refractivity contribution in [2.75, 3.05) is 7.11 Å². The lowest BCUT2D eigenvalue weighted by atomic mass is 10.0. The maximum atomic E-state index is 11.2. The van der Waals surface area contributed by atoms with Crippen LogP contribution in [0.4, 0.5) is 0 Å². The van der Waals surface area contributed by atoms with Gasteiger partial charge in [0.2, 0.25) is 0 Å². The summed E-state index contributed by atoms with van der Waals surface area (Å²) in [5, 5.41) is 9.23. The SMILES string of the molecule is CCn1c(C(=O)O)ccc1-c1cc(C)c(C)cc1OC. The van der Waals surface area contributed by atoms with Crippen molar-refractivity contribution in [3.63, 3.8) is 0 Å². The van der Waals surface area contributed by atoms with Crippen molar-refractivity contribution in [2.24, 2.45) is 0 Å². The Hall–Kier alpha value is -2.23. The van der Waals surface area contributed by atoms with E-state index in [1.807, 2.05) is 39.0 Å². The number of methoxy groups -OCH3 is 1. The average Bonchev–Trinajstić information content (AvgIpc) is 2.85. The van der Waals surface area contributed by atoms with E-state index >= 15 is 0 Å². The van der Waals surface area contributed by atoms with Gasteiger partial charge in [0.1, 0.15) is 11.4 Å². The van der Waals surface area contributed by atoms with E-state index in [0.717, 1.165) is 28.1 Å². The molecule has 20 heavy (non-hydrogen) atoms. The van der Waals surface area contributed by atoms with E-state index in [4.69, 9.17) is 4.74 Å². The highest BCUT2D eigenvalue weighted by Crippen LogP contribution is 2.33. The number of aromatic carboxylic acids is 1. The highest BCUT2D eigenvalue weighted by atomic mass is 16.5. The van der Waals surface area contributed by atoms with Crippen molar-refractivity contribution in [2.45, 2.75) is 27.3 Å². The van der Waals surface area contributed by atoms with E-state index in [-0.39, 0.29) is 0 Å². The number of rotatable bonds is 4. The van der Waals surface area contributed by atoms with Crippen molar-refractivity contribution in [3.05, 3.63) is 41.1 Å². The highest BCUT2D eigenvalue weighted by molar-refractivity contribution is 5.88. The molecule has 1 aromatic carbocycles. The summed E-state index contributed by atoms with van der Waals surface area (Å²) in [5.74, 6) is -0.154. The monoisotopic (exact) mass is 273 g/mol. The average molecular weight is 273 g/mol. The second kappa shape index (κ2) is 5.41. The molecule has 0 unspecified atom stereocenters. The molecule has 0 saturated heterocycles. The van der Waals surface area contributed by atoms with Gasteiger partial charge >= 0.3 is 5.97 Å². The third-order valence-corrected chi connectivity index (χ3v) is 3.61. The molecular formula is C16H19NO3. The van der Waals surface area contributed by atoms with Crippen LogP contribution in [0.1, 0.15) is 28.5 Å². The summed E-state index contributed by atoms with van der Waals surface area (Å²) in [4.78, 5) is 11.2. The smallest absolute Gasteiger partial charge is 0.352 e. The number of ether oxygens (including phenoxy) is 1. The zero-order chi connectivity index (χ0) is 14.9. The first-order valence-electron chi connectivity index (χ1n) is 6.58. The van der Waals surface area contributed by atoms with Gasteiger partial charge in [-0.2, -0.15) is 0 Å². The zero-order valence-electron chi connectivity index (χ0n) is 12.2. The highest BCUT2D eigenvalue weighted by Gasteiger charge is 2.17. The molecule has 0 saturated carbocycles. The Bertz CT molecular complexity index is 656. The maximum Gasteiger partial charge on any atom is 0.352 e. The molecule has 0 fully saturated rings. The molecule has 0 aliphatic carbocycles. The molecule has 1 heterocycles. The van der Waals surface area contributed by atoms with Gasteiger partial charge in [0.05, 0.1) is 12.8 Å². The summed E-state index contributed by atoms with van der Waals surface area (Å²) in [6, 6.07) is 7.49. The normalized spacial score (nSPS) is 10.6. The van der Waals surface area contributed by atoms with Crippen LogP contribution in [-0.4, -0.2) is 22.8 Å². The molecule has 0 bridgehead atoms. The van der Waals surface area contributed by atoms with Crippen LogP contribution in [0.3, 0.4) is 0 Å². The summed E-state index contributed by atoms with van der Waals surface area (Å²) < 4.78 is 7.23. The number of hydrogen-bond acceptors (Lipinski definition) is 2. The zero-order valence-corrected chi connectivity index (χ0v) is 12.2. The Morgan fingerprint density at radius 1 is 1.25 bits per heavy atom. The standard InChI is InChI=1S/C16H19NO3/c1-5-17-13(6-7-14(17)16(18)19)12-8-10(2)11(3)9-15(12)20-4/h6-9H,5H2,1-4H3,(H,18,19). The molecule has 1 aromatic heterocycles. The largest absolute Gasteiger partial charge is 0.496 e. The Morgan fingerprint density at radius 2 is 1.90 bits per heavy atom. The summed E-state index contributed by atoms with van der Waals surface area (Å²) in [6.45, 7) is 6.60. The van der Waals surface area contributed by atoms with E-state index < -0.39 is 5.97 Å². The summed E-state index contributed by atoms with van der Waals surface area (Å²) >= 11 is 0. The fourth-order valence-corrected chi connectivity index (χ4v) is 2.39. The minimum Gasteiger partial charge on any atom is -0.496 e. The number of hydrogen-bond donors (Lipinski definition) is 1. The van der Waals surface area contributed by atoms with Gasteiger partial charge in [-0.25, -0.2) is 4.79 Å². The summed E-state index contributed by atoms with van der Waals surface area (Å²) in [5.41, 5.74) is 4.39. The summed E-state index contributed by atoms with van der Waals surface area (Å²) in [7, 11) is 1.63. The Kier molecular flexibility index (Phi) is 3.84. The third kappa shape index (κ3) is 2.29. The molecule has 0 spiro atoms. The fraction of sp³-hybridized carbons (Fsp3) is 0.312. The van der Waals surface area contributed by atoms with E-state index in [1.54, 1.807) is 17.7 Å². The molecule has 1 N–H and O–H groups in total. The van der Waals surface area contributed by atoms with E-state index in [2.05, 4.69) is 0 Å². The van der Waals surface area contributed by atoms with Crippen molar-refractivity contribution in [1.29, 1.82) is 0 Å². The third-order valence-electron chi connectivity index (χ3n) is 3.61. The van der Waals surface area contributed by atoms with E-state index in [9.17, 15) is 9.90 Å². The fourth-order valence-electron chi connectivity index (χ4n) is 2.39. The van der Waals surface area contributed by atoms with Gasteiger partial charge in [0, 0.05) is 12.1 Å². The topological polar surface area (TPSA) is 51.5 Å². The van der Waals surface area contributed by atoms with Gasteiger partial charge in [0.15, 0.2) is 0 Å². The Balaban J connectivity index is 2.68. The van der Waals surface area contributed by atoms with Crippen LogP contribution >= 0.6 is 0 Å². The van der Waals surface area contributed by atoms with Crippen molar-refractivity contribution in [1.82, 2.24) is 4.57 Å².